The number of nitrogens with zero attached hydrogens (tertiary/aromatic N) is 1. The second-order valence-corrected chi connectivity index (χ2v) is 6.51. The fourth-order valence-corrected chi connectivity index (χ4v) is 3.10. The van der Waals surface area contributed by atoms with Crippen LogP contribution in [0.25, 0.3) is 0 Å². The molecule has 0 saturated heterocycles. The second-order valence-electron chi connectivity index (χ2n) is 4.09. The number of hydrogen-bond donors (Lipinski definition) is 2. The first-order valence-electron chi connectivity index (χ1n) is 5.50. The Labute approximate surface area is 126 Å². The Hall–Kier alpha value is -1.50. The molecule has 20 heavy (non-hydrogen) atoms. The van der Waals surface area contributed by atoms with E-state index >= 15 is 0 Å². The van der Waals surface area contributed by atoms with E-state index in [1.807, 2.05) is 0 Å². The van der Waals surface area contributed by atoms with Gasteiger partial charge >= 0.3 is 0 Å². The van der Waals surface area contributed by atoms with Gasteiger partial charge in [0, 0.05) is 6.20 Å². The highest BCUT2D eigenvalue weighted by atomic mass is 35.5. The quantitative estimate of drug-likeness (QED) is 0.668. The fraction of sp³-hybridized carbons (Fsp3) is 0.0833. The number of halogens is 2. The van der Waals surface area contributed by atoms with Gasteiger partial charge in [0.25, 0.3) is 10.0 Å². The van der Waals surface area contributed by atoms with Crippen molar-refractivity contribution in [1.29, 1.82) is 0 Å². The lowest BCUT2D eigenvalue weighted by Crippen LogP contribution is -2.14. The molecule has 5 nitrogen and oxygen atoms in total. The van der Waals surface area contributed by atoms with Crippen molar-refractivity contribution in [1.82, 2.24) is 4.98 Å². The van der Waals surface area contributed by atoms with E-state index in [9.17, 15) is 8.42 Å². The predicted octanol–water partition coefficient (Wildman–Crippen LogP) is 3.08. The topological polar surface area (TPSA) is 85.1 Å². The van der Waals surface area contributed by atoms with Crippen LogP contribution >= 0.6 is 23.2 Å². The molecule has 0 aliphatic rings. The van der Waals surface area contributed by atoms with E-state index in [1.165, 1.54) is 24.4 Å². The van der Waals surface area contributed by atoms with Gasteiger partial charge in [0.15, 0.2) is 5.15 Å². The molecular weight excluding hydrogens is 321 g/mol. The van der Waals surface area contributed by atoms with Crippen molar-refractivity contribution in [3.8, 4) is 0 Å². The molecule has 1 aromatic carbocycles. The minimum Gasteiger partial charge on any atom is -0.397 e. The number of nitrogens with two attached hydrogens (primary N) is 1. The van der Waals surface area contributed by atoms with Gasteiger partial charge < -0.3 is 5.73 Å². The Morgan fingerprint density at radius 1 is 1.30 bits per heavy atom. The van der Waals surface area contributed by atoms with Gasteiger partial charge in [-0.2, -0.15) is 0 Å². The normalized spacial score (nSPS) is 11.3. The molecule has 0 saturated carbocycles. The Morgan fingerprint density at radius 2 is 2.00 bits per heavy atom. The van der Waals surface area contributed by atoms with Crippen LogP contribution < -0.4 is 10.5 Å². The highest BCUT2D eigenvalue weighted by Gasteiger charge is 2.18. The lowest BCUT2D eigenvalue weighted by Gasteiger charge is -2.11. The molecule has 0 aliphatic carbocycles. The lowest BCUT2D eigenvalue weighted by atomic mass is 10.2. The van der Waals surface area contributed by atoms with Crippen LogP contribution in [0.15, 0.2) is 35.4 Å². The van der Waals surface area contributed by atoms with Gasteiger partial charge in [-0.3, -0.25) is 4.72 Å². The van der Waals surface area contributed by atoms with Crippen molar-refractivity contribution in [3.05, 3.63) is 46.2 Å². The second kappa shape index (κ2) is 5.47. The monoisotopic (exact) mass is 331 g/mol. The highest BCUT2D eigenvalue weighted by Crippen LogP contribution is 2.28. The van der Waals surface area contributed by atoms with Crippen LogP contribution in [-0.2, 0) is 10.0 Å². The summed E-state index contributed by atoms with van der Waals surface area (Å²) in [5.74, 6) is 0. The Morgan fingerprint density at radius 3 is 2.60 bits per heavy atom. The summed E-state index contributed by atoms with van der Waals surface area (Å²) in [6.45, 7) is 1.68. The van der Waals surface area contributed by atoms with Crippen LogP contribution in [-0.4, -0.2) is 13.4 Å². The molecular formula is C12H11Cl2N3O2S. The highest BCUT2D eigenvalue weighted by molar-refractivity contribution is 7.92. The number of aromatic nitrogens is 1. The first-order chi connectivity index (χ1) is 9.31. The predicted molar refractivity (Wildman–Crippen MR) is 80.7 cm³/mol. The fourth-order valence-electron chi connectivity index (χ4n) is 1.58. The summed E-state index contributed by atoms with van der Waals surface area (Å²) >= 11 is 11.7. The summed E-state index contributed by atoms with van der Waals surface area (Å²) in [6, 6.07) is 5.82. The molecule has 3 N–H and O–H groups in total. The number of nitrogen functional groups attached to an aromatic ring is 1. The maximum absolute atomic E-state index is 12.3. The third-order valence-corrected chi connectivity index (χ3v) is 4.73. The zero-order valence-electron chi connectivity index (χ0n) is 10.4. The molecule has 8 heteroatoms. The van der Waals surface area contributed by atoms with Gasteiger partial charge in [-0.15, -0.1) is 0 Å². The molecule has 0 bridgehead atoms. The Balaban J connectivity index is 2.44. The number of aryl methyl sites for hydroxylation is 1. The minimum absolute atomic E-state index is 0.0109. The molecule has 106 valence electrons. The molecule has 1 heterocycles. The van der Waals surface area contributed by atoms with Crippen LogP contribution in [0.5, 0.6) is 0 Å². The molecule has 0 spiro atoms. The van der Waals surface area contributed by atoms with Gasteiger partial charge in [0.2, 0.25) is 0 Å². The number of sulfonamides is 1. The molecule has 2 aromatic rings. The van der Waals surface area contributed by atoms with Crippen molar-refractivity contribution in [2.75, 3.05) is 10.5 Å². The zero-order valence-corrected chi connectivity index (χ0v) is 12.7. The standard InChI is InChI=1S/C12H11Cl2N3O2S/c1-7-5-8(6-9(15)11(7)13)20(18,19)17-10-3-2-4-16-12(10)14/h2-6,17H,15H2,1H3. The van der Waals surface area contributed by atoms with Crippen LogP contribution in [0.4, 0.5) is 11.4 Å². The number of nitrogens with one attached hydrogen (secondary N) is 1. The van der Waals surface area contributed by atoms with Crippen LogP contribution in [0, 0.1) is 6.92 Å². The summed E-state index contributed by atoms with van der Waals surface area (Å²) < 4.78 is 26.9. The van der Waals surface area contributed by atoms with E-state index in [4.69, 9.17) is 28.9 Å². The summed E-state index contributed by atoms with van der Waals surface area (Å²) in [4.78, 5) is 3.81. The van der Waals surface area contributed by atoms with Crippen LogP contribution in [0.3, 0.4) is 0 Å². The number of anilines is 2. The first kappa shape index (κ1) is 14.9. The summed E-state index contributed by atoms with van der Waals surface area (Å²) in [6.07, 6.45) is 1.46. The van der Waals surface area contributed by atoms with E-state index in [1.54, 1.807) is 13.0 Å². The summed E-state index contributed by atoms with van der Waals surface area (Å²) in [5, 5.41) is 0.401. The smallest absolute Gasteiger partial charge is 0.262 e. The molecule has 0 radical (unpaired) electrons. The lowest BCUT2D eigenvalue weighted by molar-refractivity contribution is 0.601. The van der Waals surface area contributed by atoms with Gasteiger partial charge in [0.05, 0.1) is 21.3 Å². The van der Waals surface area contributed by atoms with Gasteiger partial charge in [-0.05, 0) is 36.8 Å². The van der Waals surface area contributed by atoms with E-state index in [0.29, 0.717) is 10.6 Å². The average molecular weight is 332 g/mol. The molecule has 2 rings (SSSR count). The van der Waals surface area contributed by atoms with Crippen molar-refractivity contribution >= 4 is 44.6 Å². The van der Waals surface area contributed by atoms with Crippen LogP contribution in [0.1, 0.15) is 5.56 Å². The number of hydrogen-bond acceptors (Lipinski definition) is 4. The zero-order chi connectivity index (χ0) is 14.9. The van der Waals surface area contributed by atoms with E-state index in [2.05, 4.69) is 9.71 Å². The maximum Gasteiger partial charge on any atom is 0.262 e. The van der Waals surface area contributed by atoms with E-state index in [0.717, 1.165) is 0 Å². The molecule has 1 aromatic heterocycles. The number of rotatable bonds is 3. The number of benzene rings is 1. The third kappa shape index (κ3) is 2.98. The van der Waals surface area contributed by atoms with Gasteiger partial charge in [-0.25, -0.2) is 13.4 Å². The molecule has 0 aliphatic heterocycles. The first-order valence-corrected chi connectivity index (χ1v) is 7.74. The number of pyridine rings is 1. The summed E-state index contributed by atoms with van der Waals surface area (Å²) in [5.41, 5.74) is 6.65. The van der Waals surface area contributed by atoms with E-state index < -0.39 is 10.0 Å². The summed E-state index contributed by atoms with van der Waals surface area (Å²) in [7, 11) is -3.81. The minimum atomic E-state index is -3.81. The SMILES string of the molecule is Cc1cc(S(=O)(=O)Nc2cccnc2Cl)cc(N)c1Cl. The van der Waals surface area contributed by atoms with Gasteiger partial charge in [-0.1, -0.05) is 23.2 Å². The van der Waals surface area contributed by atoms with Crippen molar-refractivity contribution in [3.63, 3.8) is 0 Å². The maximum atomic E-state index is 12.3. The van der Waals surface area contributed by atoms with E-state index in [-0.39, 0.29) is 21.4 Å². The third-order valence-electron chi connectivity index (χ3n) is 2.57. The van der Waals surface area contributed by atoms with Crippen LogP contribution in [0.2, 0.25) is 10.2 Å². The van der Waals surface area contributed by atoms with Crippen molar-refractivity contribution in [2.24, 2.45) is 0 Å². The van der Waals surface area contributed by atoms with Crippen molar-refractivity contribution < 1.29 is 8.42 Å². The molecule has 0 unspecified atom stereocenters. The molecule has 0 amide bonds. The van der Waals surface area contributed by atoms with Crippen molar-refractivity contribution in [2.45, 2.75) is 11.8 Å². The van der Waals surface area contributed by atoms with Gasteiger partial charge in [0.1, 0.15) is 0 Å². The molecule has 0 fully saturated rings. The average Bonchev–Trinajstić information content (AvgIpc) is 2.38. The largest absolute Gasteiger partial charge is 0.397 e. The Bertz CT molecular complexity index is 740. The Kier molecular flexibility index (Phi) is 4.08. The molecule has 0 atom stereocenters.